The fourth-order valence-corrected chi connectivity index (χ4v) is 7.32. The van der Waals surface area contributed by atoms with E-state index < -0.39 is 13.9 Å². The van der Waals surface area contributed by atoms with Crippen LogP contribution in [-0.4, -0.2) is 26.5 Å². The third-order valence-electron chi connectivity index (χ3n) is 6.44. The van der Waals surface area contributed by atoms with E-state index in [0.29, 0.717) is 0 Å². The molecule has 0 unspecified atom stereocenters. The van der Waals surface area contributed by atoms with Crippen LogP contribution in [0, 0.1) is 27.4 Å². The molecule has 0 saturated carbocycles. The van der Waals surface area contributed by atoms with Gasteiger partial charge in [-0.3, -0.25) is 4.79 Å². The van der Waals surface area contributed by atoms with Gasteiger partial charge in [-0.15, -0.1) is 12.7 Å². The van der Waals surface area contributed by atoms with Crippen LogP contribution in [0.15, 0.2) is 110 Å². The van der Waals surface area contributed by atoms with Gasteiger partial charge < -0.3 is 14.9 Å². The van der Waals surface area contributed by atoms with Crippen molar-refractivity contribution in [1.82, 2.24) is 9.88 Å². The second-order valence-electron chi connectivity index (χ2n) is 10.8. The number of benzene rings is 3. The van der Waals surface area contributed by atoms with Gasteiger partial charge in [0.05, 0.1) is 18.5 Å². The molecule has 0 amide bonds. The number of carbonyl (C=O) groups is 1. The fraction of sp³-hybridized carbons (Fsp3) is 0.200. The molecule has 4 aromatic rings. The van der Waals surface area contributed by atoms with Crippen LogP contribution in [0.5, 0.6) is 0 Å². The molecule has 1 N–H and O–H groups in total. The Morgan fingerprint density at radius 2 is 1.29 bits per heavy atom. The molecule has 0 radical (unpaired) electrons. The van der Waals surface area contributed by atoms with Gasteiger partial charge in [0.1, 0.15) is 5.82 Å². The Hall–Kier alpha value is -3.42. The first kappa shape index (κ1) is 34.8. The van der Waals surface area contributed by atoms with Crippen LogP contribution in [0.1, 0.15) is 44.4 Å². The molecule has 0 saturated heterocycles. The summed E-state index contributed by atoms with van der Waals surface area (Å²) >= 11 is 0. The Morgan fingerprint density at radius 1 is 0.810 bits per heavy atom. The van der Waals surface area contributed by atoms with Gasteiger partial charge in [-0.2, -0.15) is 18.6 Å². The monoisotopic (exact) mass is 672 g/mol. The topological polar surface area (TPSA) is 56.7 Å². The van der Waals surface area contributed by atoms with Gasteiger partial charge >= 0.3 is 20.4 Å². The van der Waals surface area contributed by atoms with Crippen LogP contribution in [0.3, 0.4) is 0 Å². The summed E-state index contributed by atoms with van der Waals surface area (Å²) in [7, 11) is -1.03. The van der Waals surface area contributed by atoms with Crippen LogP contribution >= 0.6 is 7.92 Å². The zero-order valence-corrected chi connectivity index (χ0v) is 27.7. The van der Waals surface area contributed by atoms with E-state index in [4.69, 9.17) is 9.90 Å². The molecule has 5 nitrogen and oxygen atoms in total. The Labute approximate surface area is 266 Å². The molecule has 2 heterocycles. The number of aliphatic carboxylic acids is 1. The Balaban J connectivity index is 0.000000268. The minimum absolute atomic E-state index is 0. The van der Waals surface area contributed by atoms with Crippen molar-refractivity contribution < 1.29 is 30.3 Å². The number of pyridine rings is 1. The van der Waals surface area contributed by atoms with Crippen LogP contribution in [0.2, 0.25) is 0 Å². The number of carboxylic acid groups (broad SMARTS) is 1. The second-order valence-corrected chi connectivity index (χ2v) is 13.1. The molecule has 0 aliphatic carbocycles. The third kappa shape index (κ3) is 9.85. The van der Waals surface area contributed by atoms with Crippen LogP contribution in [0.4, 0.5) is 5.82 Å². The molecule has 7 heteroatoms. The van der Waals surface area contributed by atoms with Crippen molar-refractivity contribution >= 4 is 35.6 Å². The molecule has 222 valence electrons. The summed E-state index contributed by atoms with van der Waals surface area (Å²) in [6, 6.07) is 32.0. The number of aromatic nitrogens is 1. The molecule has 0 bridgehead atoms. The number of hydrogen-bond acceptors (Lipinski definition) is 4. The van der Waals surface area contributed by atoms with Gasteiger partial charge in [0, 0.05) is 24.0 Å². The van der Waals surface area contributed by atoms with Crippen molar-refractivity contribution in [2.24, 2.45) is 0 Å². The first-order chi connectivity index (χ1) is 19.5. The number of carboxylic acids is 1. The number of aryl methyl sites for hydroxylation is 2. The maximum Gasteiger partial charge on any atom is 2.00 e. The molecular weight excluding hydrogens is 632 g/mol. The van der Waals surface area contributed by atoms with E-state index in [1.807, 2.05) is 29.3 Å². The summed E-state index contributed by atoms with van der Waals surface area (Å²) < 4.78 is 0. The van der Waals surface area contributed by atoms with Crippen LogP contribution in [-0.2, 0) is 25.2 Å². The molecule has 42 heavy (non-hydrogen) atoms. The summed E-state index contributed by atoms with van der Waals surface area (Å²) in [5.41, 5.74) is 3.98. The zero-order chi connectivity index (χ0) is 30.0. The van der Waals surface area contributed by atoms with E-state index >= 15 is 0 Å². The third-order valence-corrected chi connectivity index (χ3v) is 9.67. The van der Waals surface area contributed by atoms with Gasteiger partial charge in [-0.05, 0) is 82.4 Å². The van der Waals surface area contributed by atoms with Crippen LogP contribution in [0.25, 0.3) is 0 Å². The van der Waals surface area contributed by atoms with E-state index in [-0.39, 0.29) is 26.0 Å². The fourth-order valence-electron chi connectivity index (χ4n) is 4.30. The van der Waals surface area contributed by atoms with Crippen molar-refractivity contribution in [2.75, 3.05) is 4.90 Å². The normalized spacial score (nSPS) is 12.1. The van der Waals surface area contributed by atoms with Crippen molar-refractivity contribution in [1.29, 1.82) is 0 Å². The standard InChI is InChI=1S/C21H20P.C12H16N3.C2H4O2.Pd/c1-16-10-4-7-13-19(16)22(20-14-8-5-11-17(20)2)21-15-9-6-12-18(21)3;1-12(2,3)15-9-8-14(10-15)11-6-4-5-7-13-11;1-2(3)4;/h4-15H,1H2,2-3H3;4-10H,1-3H3;1H3,(H,3,4);/q2*-1;;+2/p+1. The largest absolute Gasteiger partial charge is 2.00 e. The smallest absolute Gasteiger partial charge is 0.504 e. The Kier molecular flexibility index (Phi) is 13.5. The summed E-state index contributed by atoms with van der Waals surface area (Å²) in [4.78, 5) is 17.5. The number of anilines is 1. The molecule has 1 aromatic heterocycles. The predicted octanol–water partition coefficient (Wildman–Crippen LogP) is 6.66. The van der Waals surface area contributed by atoms with E-state index in [1.54, 1.807) is 6.20 Å². The van der Waals surface area contributed by atoms with E-state index in [9.17, 15) is 0 Å². The van der Waals surface area contributed by atoms with Gasteiger partial charge in [0.15, 0.2) is 0 Å². The Morgan fingerprint density at radius 3 is 1.71 bits per heavy atom. The molecular formula is C35H41N3O2PPd+. The zero-order valence-electron chi connectivity index (χ0n) is 25.2. The van der Waals surface area contributed by atoms with Crippen LogP contribution < -0.4 is 20.8 Å². The average molecular weight is 673 g/mol. The number of nitrogens with zero attached hydrogens (tertiary/aromatic N) is 3. The van der Waals surface area contributed by atoms with Crippen molar-refractivity contribution in [3.8, 4) is 0 Å². The van der Waals surface area contributed by atoms with Gasteiger partial charge in [0.2, 0.25) is 0 Å². The minimum atomic E-state index is -1.03. The maximum absolute atomic E-state index is 9.00. The molecule has 0 atom stereocenters. The maximum atomic E-state index is 9.00. The van der Waals surface area contributed by atoms with Gasteiger partial charge in [-0.25, -0.2) is 4.98 Å². The van der Waals surface area contributed by atoms with Crippen molar-refractivity contribution in [3.63, 3.8) is 0 Å². The second kappa shape index (κ2) is 16.3. The quantitative estimate of drug-likeness (QED) is 0.149. The van der Waals surface area contributed by atoms with Crippen molar-refractivity contribution in [3.05, 3.63) is 140 Å². The first-order valence-electron chi connectivity index (χ1n) is 13.6. The first-order valence-corrected chi connectivity index (χ1v) is 15.1. The predicted molar refractivity (Wildman–Crippen MR) is 176 cm³/mol. The van der Waals surface area contributed by atoms with E-state index in [2.05, 4.69) is 137 Å². The molecule has 3 aromatic carbocycles. The number of hydrogen-bond donors (Lipinski definition) is 1. The van der Waals surface area contributed by atoms with Crippen molar-refractivity contribution in [2.45, 2.75) is 47.1 Å². The summed E-state index contributed by atoms with van der Waals surface area (Å²) in [5, 5.41) is 11.7. The van der Waals surface area contributed by atoms with E-state index in [0.717, 1.165) is 18.3 Å². The molecule has 5 rings (SSSR count). The summed E-state index contributed by atoms with van der Waals surface area (Å²) in [6.45, 7) is 18.4. The van der Waals surface area contributed by atoms with Gasteiger partial charge in [0.25, 0.3) is 5.97 Å². The summed E-state index contributed by atoms with van der Waals surface area (Å²) in [5.74, 6) is 0.112. The summed E-state index contributed by atoms with van der Waals surface area (Å²) in [6.07, 6.45) is 5.89. The SMILES string of the molecule is CC(=O)O.CC(C)(C)N1C=CN(c2ccccn2)[CH-]1.[CH2-]c1ccccc1[PH+](c1ccccc1C)c1ccccc1C.[Pd+2]. The average Bonchev–Trinajstić information content (AvgIpc) is 3.44. The minimum Gasteiger partial charge on any atom is -0.504 e. The Bertz CT molecular complexity index is 1340. The molecule has 1 aliphatic rings. The number of rotatable bonds is 4. The molecule has 0 fully saturated rings. The molecule has 1 aliphatic heterocycles. The van der Waals surface area contributed by atoms with Gasteiger partial charge in [-0.1, -0.05) is 54.6 Å². The van der Waals surface area contributed by atoms with E-state index in [1.165, 1.54) is 27.0 Å². The molecule has 0 spiro atoms.